The van der Waals surface area contributed by atoms with Crippen molar-refractivity contribution in [1.82, 2.24) is 19.3 Å². The van der Waals surface area contributed by atoms with Crippen LogP contribution in [0.3, 0.4) is 0 Å². The Morgan fingerprint density at radius 2 is 2.30 bits per heavy atom. The highest BCUT2D eigenvalue weighted by Gasteiger charge is 2.31. The molecule has 1 fully saturated rings. The minimum Gasteiger partial charge on any atom is -0.318 e. The van der Waals surface area contributed by atoms with Gasteiger partial charge in [-0.15, -0.1) is 11.3 Å². The van der Waals surface area contributed by atoms with Crippen molar-refractivity contribution in [3.05, 3.63) is 16.1 Å². The van der Waals surface area contributed by atoms with E-state index in [0.717, 1.165) is 30.0 Å². The van der Waals surface area contributed by atoms with Crippen LogP contribution in [-0.2, 0) is 16.8 Å². The number of hydrogen-bond acceptors (Lipinski definition) is 5. The van der Waals surface area contributed by atoms with Crippen molar-refractivity contribution in [3.8, 4) is 0 Å². The fourth-order valence-corrected chi connectivity index (χ4v) is 4.68. The van der Waals surface area contributed by atoms with Gasteiger partial charge < -0.3 is 5.32 Å². The first kappa shape index (κ1) is 15.8. The van der Waals surface area contributed by atoms with Gasteiger partial charge in [-0.25, -0.2) is 4.98 Å². The van der Waals surface area contributed by atoms with Gasteiger partial charge in [0, 0.05) is 30.2 Å². The first-order valence-corrected chi connectivity index (χ1v) is 9.17. The number of nitrogens with one attached hydrogen (secondary N) is 2. The van der Waals surface area contributed by atoms with Crippen LogP contribution in [0.2, 0.25) is 0 Å². The summed E-state index contributed by atoms with van der Waals surface area (Å²) < 4.78 is 29.1. The summed E-state index contributed by atoms with van der Waals surface area (Å²) in [6, 6.07) is 0.0456. The molecule has 0 aliphatic carbocycles. The largest absolute Gasteiger partial charge is 0.318 e. The van der Waals surface area contributed by atoms with Crippen LogP contribution in [0.5, 0.6) is 0 Å². The number of hydrogen-bond donors (Lipinski definition) is 2. The van der Waals surface area contributed by atoms with Crippen molar-refractivity contribution in [2.45, 2.75) is 38.8 Å². The molecule has 1 aliphatic heterocycles. The third-order valence-electron chi connectivity index (χ3n) is 3.39. The van der Waals surface area contributed by atoms with Gasteiger partial charge in [-0.05, 0) is 26.8 Å². The zero-order valence-electron chi connectivity index (χ0n) is 11.9. The van der Waals surface area contributed by atoms with Crippen LogP contribution in [-0.4, -0.2) is 43.9 Å². The van der Waals surface area contributed by atoms with E-state index >= 15 is 0 Å². The molecule has 1 atom stereocenters. The average Bonchev–Trinajstić information content (AvgIpc) is 2.83. The third-order valence-corrected chi connectivity index (χ3v) is 5.97. The molecule has 1 saturated heterocycles. The Bertz CT molecular complexity index is 527. The molecule has 2 rings (SSSR count). The topological polar surface area (TPSA) is 74.3 Å². The number of aryl methyl sites for hydroxylation is 1. The van der Waals surface area contributed by atoms with Crippen molar-refractivity contribution < 1.29 is 8.42 Å². The van der Waals surface area contributed by atoms with Gasteiger partial charge in [0.1, 0.15) is 5.01 Å². The number of rotatable bonds is 6. The summed E-state index contributed by atoms with van der Waals surface area (Å²) in [5.74, 6) is 0. The molecule has 0 spiro atoms. The molecular weight excluding hydrogens is 296 g/mol. The Kier molecular flexibility index (Phi) is 5.50. The first-order valence-electron chi connectivity index (χ1n) is 6.85. The fourth-order valence-electron chi connectivity index (χ4n) is 2.45. The van der Waals surface area contributed by atoms with E-state index in [1.807, 2.05) is 19.4 Å². The molecule has 0 aromatic carbocycles. The maximum atomic E-state index is 12.4. The van der Waals surface area contributed by atoms with Gasteiger partial charge in [-0.2, -0.15) is 17.4 Å². The van der Waals surface area contributed by atoms with Crippen molar-refractivity contribution in [2.75, 3.05) is 20.1 Å². The Hall–Kier alpha value is -0.540. The predicted molar refractivity (Wildman–Crippen MR) is 80.9 cm³/mol. The van der Waals surface area contributed by atoms with E-state index in [2.05, 4.69) is 15.0 Å². The Morgan fingerprint density at radius 3 is 2.95 bits per heavy atom. The number of thiazole rings is 1. The van der Waals surface area contributed by atoms with Gasteiger partial charge in [0.25, 0.3) is 10.2 Å². The maximum Gasteiger partial charge on any atom is 0.280 e. The number of likely N-dealkylation sites (N-methyl/N-ethyl adjacent to an activating group) is 1. The minimum absolute atomic E-state index is 0.0456. The zero-order valence-corrected chi connectivity index (χ0v) is 13.6. The van der Waals surface area contributed by atoms with Gasteiger partial charge >= 0.3 is 0 Å². The zero-order chi connectivity index (χ0) is 14.6. The first-order chi connectivity index (χ1) is 9.53. The summed E-state index contributed by atoms with van der Waals surface area (Å²) in [4.78, 5) is 4.27. The molecule has 0 amide bonds. The normalized spacial score (nSPS) is 21.2. The van der Waals surface area contributed by atoms with Crippen molar-refractivity contribution in [1.29, 1.82) is 0 Å². The lowest BCUT2D eigenvalue weighted by Gasteiger charge is -2.34. The smallest absolute Gasteiger partial charge is 0.280 e. The van der Waals surface area contributed by atoms with Crippen molar-refractivity contribution in [3.63, 3.8) is 0 Å². The highest BCUT2D eigenvalue weighted by Crippen LogP contribution is 2.19. The van der Waals surface area contributed by atoms with Gasteiger partial charge in [0.15, 0.2) is 0 Å². The fraction of sp³-hybridized carbons (Fsp3) is 0.750. The van der Waals surface area contributed by atoms with E-state index < -0.39 is 10.2 Å². The van der Waals surface area contributed by atoms with E-state index in [1.54, 1.807) is 4.31 Å². The molecule has 1 aromatic rings. The van der Waals surface area contributed by atoms with Crippen molar-refractivity contribution in [2.24, 2.45) is 0 Å². The second-order valence-corrected chi connectivity index (χ2v) is 7.68. The van der Waals surface area contributed by atoms with E-state index in [0.29, 0.717) is 13.1 Å². The molecule has 1 aromatic heterocycles. The van der Waals surface area contributed by atoms with Crippen LogP contribution in [0.1, 0.15) is 30.0 Å². The van der Waals surface area contributed by atoms with Crippen LogP contribution >= 0.6 is 11.3 Å². The Balaban J connectivity index is 2.00. The van der Waals surface area contributed by atoms with E-state index in [4.69, 9.17) is 0 Å². The average molecular weight is 318 g/mol. The molecular formula is C12H22N4O2S2. The highest BCUT2D eigenvalue weighted by molar-refractivity contribution is 7.87. The van der Waals surface area contributed by atoms with Gasteiger partial charge in [0.05, 0.1) is 6.54 Å². The second-order valence-electron chi connectivity index (χ2n) is 5.03. The van der Waals surface area contributed by atoms with Crippen LogP contribution in [0.25, 0.3) is 0 Å². The van der Waals surface area contributed by atoms with Crippen LogP contribution in [0.4, 0.5) is 0 Å². The minimum atomic E-state index is -3.43. The van der Waals surface area contributed by atoms with Gasteiger partial charge in [0.2, 0.25) is 0 Å². The maximum absolute atomic E-state index is 12.4. The number of piperidine rings is 1. The van der Waals surface area contributed by atoms with Crippen molar-refractivity contribution >= 4 is 21.5 Å². The SMILES string of the molecule is CNCC1CCCCN1S(=O)(=O)NCc1nc(C)cs1. The van der Waals surface area contributed by atoms with Crippen LogP contribution in [0, 0.1) is 6.92 Å². The predicted octanol–water partition coefficient (Wildman–Crippen LogP) is 0.860. The Labute approximate surface area is 124 Å². The molecule has 114 valence electrons. The quantitative estimate of drug-likeness (QED) is 0.816. The Morgan fingerprint density at radius 1 is 1.50 bits per heavy atom. The van der Waals surface area contributed by atoms with Crippen LogP contribution in [0.15, 0.2) is 5.38 Å². The molecule has 2 N–H and O–H groups in total. The summed E-state index contributed by atoms with van der Waals surface area (Å²) in [6.45, 7) is 3.46. The van der Waals surface area contributed by atoms with Crippen LogP contribution < -0.4 is 10.0 Å². The third kappa shape index (κ3) is 3.98. The standard InChI is InChI=1S/C12H22N4O2S2/c1-10-9-19-12(15-10)8-14-20(17,18)16-6-4-3-5-11(16)7-13-2/h9,11,13-14H,3-8H2,1-2H3. The van der Waals surface area contributed by atoms with Gasteiger partial charge in [-0.3, -0.25) is 0 Å². The monoisotopic (exact) mass is 318 g/mol. The summed E-state index contributed by atoms with van der Waals surface area (Å²) >= 11 is 1.48. The lowest BCUT2D eigenvalue weighted by Crippen LogP contribution is -2.51. The summed E-state index contributed by atoms with van der Waals surface area (Å²) in [7, 11) is -1.58. The lowest BCUT2D eigenvalue weighted by atomic mass is 10.1. The van der Waals surface area contributed by atoms with E-state index in [1.165, 1.54) is 11.3 Å². The summed E-state index contributed by atoms with van der Waals surface area (Å²) in [5, 5.41) is 5.80. The number of aromatic nitrogens is 1. The molecule has 2 heterocycles. The lowest BCUT2D eigenvalue weighted by molar-refractivity contribution is 0.246. The number of nitrogens with zero attached hydrogens (tertiary/aromatic N) is 2. The molecule has 0 bridgehead atoms. The van der Waals surface area contributed by atoms with E-state index in [9.17, 15) is 8.42 Å². The molecule has 8 heteroatoms. The highest BCUT2D eigenvalue weighted by atomic mass is 32.2. The molecule has 20 heavy (non-hydrogen) atoms. The molecule has 1 unspecified atom stereocenters. The molecule has 0 saturated carbocycles. The molecule has 1 aliphatic rings. The molecule has 0 radical (unpaired) electrons. The summed E-state index contributed by atoms with van der Waals surface area (Å²) in [6.07, 6.45) is 2.93. The molecule has 6 nitrogen and oxygen atoms in total. The second kappa shape index (κ2) is 6.95. The summed E-state index contributed by atoms with van der Waals surface area (Å²) in [5.41, 5.74) is 0.926. The van der Waals surface area contributed by atoms with E-state index in [-0.39, 0.29) is 12.6 Å². The van der Waals surface area contributed by atoms with Gasteiger partial charge in [-0.1, -0.05) is 6.42 Å².